The fourth-order valence-electron chi connectivity index (χ4n) is 3.01. The molecule has 1 aromatic carbocycles. The minimum absolute atomic E-state index is 0.725. The molecule has 1 N–H and O–H groups in total. The van der Waals surface area contributed by atoms with E-state index in [2.05, 4.69) is 31.8 Å². The lowest BCUT2D eigenvalue weighted by Crippen LogP contribution is -2.00. The van der Waals surface area contributed by atoms with Gasteiger partial charge in [0.15, 0.2) is 5.82 Å². The van der Waals surface area contributed by atoms with E-state index in [1.54, 1.807) is 12.5 Å². The molecule has 0 saturated carbocycles. The zero-order valence-electron chi connectivity index (χ0n) is 15.6. The van der Waals surface area contributed by atoms with Crippen molar-refractivity contribution < 1.29 is 4.74 Å². The predicted molar refractivity (Wildman–Crippen MR) is 107 cm³/mol. The van der Waals surface area contributed by atoms with Gasteiger partial charge >= 0.3 is 0 Å². The van der Waals surface area contributed by atoms with Gasteiger partial charge in [0.2, 0.25) is 0 Å². The molecular weight excluding hydrogens is 338 g/mol. The molecule has 0 aliphatic heterocycles. The normalized spacial score (nSPS) is 10.9. The molecule has 0 spiro atoms. The summed E-state index contributed by atoms with van der Waals surface area (Å²) in [7, 11) is 0. The largest absolute Gasteiger partial charge is 0.455 e. The highest BCUT2D eigenvalue weighted by molar-refractivity contribution is 5.88. The number of nitrogens with one attached hydrogen (secondary N) is 1. The second-order valence-electron chi connectivity index (χ2n) is 6.40. The van der Waals surface area contributed by atoms with Crippen LogP contribution >= 0.6 is 0 Å². The molecule has 6 nitrogen and oxygen atoms in total. The molecule has 0 atom stereocenters. The Kier molecular flexibility index (Phi) is 4.46. The molecular formula is C21H21N5O. The lowest BCUT2D eigenvalue weighted by Gasteiger charge is -2.12. The summed E-state index contributed by atoms with van der Waals surface area (Å²) in [4.78, 5) is 13.0. The van der Waals surface area contributed by atoms with Crippen molar-refractivity contribution >= 4 is 22.5 Å². The fraction of sp³-hybridized carbons (Fsp3) is 0.190. The third-order valence-corrected chi connectivity index (χ3v) is 4.44. The standard InChI is InChI=1S/C21H21N5O/c1-4-26-10-9-18-20(26)21(24-13-23-18)25-16-6-8-19(14(2)11-16)27-17-7-5-15(3)22-12-17/h5-13H,4H2,1-3H3,(H,23,24,25). The van der Waals surface area contributed by atoms with Gasteiger partial charge in [-0.25, -0.2) is 9.97 Å². The molecule has 0 aliphatic rings. The summed E-state index contributed by atoms with van der Waals surface area (Å²) in [6.07, 6.45) is 5.35. The van der Waals surface area contributed by atoms with Crippen LogP contribution in [0.4, 0.5) is 11.5 Å². The summed E-state index contributed by atoms with van der Waals surface area (Å²) in [6, 6.07) is 11.8. The van der Waals surface area contributed by atoms with Gasteiger partial charge in [0, 0.05) is 24.1 Å². The quantitative estimate of drug-likeness (QED) is 0.543. The summed E-state index contributed by atoms with van der Waals surface area (Å²) in [5, 5.41) is 3.41. The van der Waals surface area contributed by atoms with E-state index in [-0.39, 0.29) is 0 Å². The van der Waals surface area contributed by atoms with Gasteiger partial charge in [-0.2, -0.15) is 0 Å². The second-order valence-corrected chi connectivity index (χ2v) is 6.40. The molecule has 0 unspecified atom stereocenters. The van der Waals surface area contributed by atoms with Crippen LogP contribution in [-0.4, -0.2) is 19.5 Å². The first-order valence-electron chi connectivity index (χ1n) is 8.92. The van der Waals surface area contributed by atoms with E-state index < -0.39 is 0 Å². The van der Waals surface area contributed by atoms with Gasteiger partial charge in [-0.15, -0.1) is 0 Å². The van der Waals surface area contributed by atoms with Crippen molar-refractivity contribution in [3.05, 3.63) is 66.4 Å². The molecule has 6 heteroatoms. The molecule has 3 heterocycles. The minimum Gasteiger partial charge on any atom is -0.455 e. The van der Waals surface area contributed by atoms with Crippen molar-refractivity contribution in [2.75, 3.05) is 5.32 Å². The van der Waals surface area contributed by atoms with Crippen LogP contribution in [0.15, 0.2) is 55.1 Å². The van der Waals surface area contributed by atoms with E-state index in [0.29, 0.717) is 0 Å². The Morgan fingerprint density at radius 1 is 1.04 bits per heavy atom. The molecule has 0 saturated heterocycles. The van der Waals surface area contributed by atoms with E-state index in [1.807, 2.05) is 56.4 Å². The maximum absolute atomic E-state index is 5.94. The van der Waals surface area contributed by atoms with E-state index in [4.69, 9.17) is 4.74 Å². The third-order valence-electron chi connectivity index (χ3n) is 4.44. The average molecular weight is 359 g/mol. The number of nitrogens with zero attached hydrogens (tertiary/aromatic N) is 4. The highest BCUT2D eigenvalue weighted by Crippen LogP contribution is 2.29. The number of anilines is 2. The van der Waals surface area contributed by atoms with Crippen LogP contribution in [0, 0.1) is 13.8 Å². The Balaban J connectivity index is 1.60. The highest BCUT2D eigenvalue weighted by atomic mass is 16.5. The van der Waals surface area contributed by atoms with Crippen molar-refractivity contribution in [2.24, 2.45) is 0 Å². The number of aryl methyl sites for hydroxylation is 3. The Labute approximate surface area is 157 Å². The summed E-state index contributed by atoms with van der Waals surface area (Å²) in [5.41, 5.74) is 4.87. The number of hydrogen-bond donors (Lipinski definition) is 1. The molecule has 4 aromatic rings. The smallest absolute Gasteiger partial charge is 0.158 e. The van der Waals surface area contributed by atoms with Crippen LogP contribution in [-0.2, 0) is 6.54 Å². The lowest BCUT2D eigenvalue weighted by molar-refractivity contribution is 0.476. The third kappa shape index (κ3) is 3.46. The number of fused-ring (bicyclic) bond motifs is 1. The Hall–Kier alpha value is -3.41. The number of ether oxygens (including phenoxy) is 1. The van der Waals surface area contributed by atoms with Crippen molar-refractivity contribution in [3.63, 3.8) is 0 Å². The Morgan fingerprint density at radius 2 is 1.93 bits per heavy atom. The van der Waals surface area contributed by atoms with Gasteiger partial charge in [-0.05, 0) is 62.7 Å². The van der Waals surface area contributed by atoms with Crippen LogP contribution in [0.25, 0.3) is 11.0 Å². The molecule has 0 bridgehead atoms. The maximum atomic E-state index is 5.94. The summed E-state index contributed by atoms with van der Waals surface area (Å²) < 4.78 is 8.08. The molecule has 0 radical (unpaired) electrons. The summed E-state index contributed by atoms with van der Waals surface area (Å²) >= 11 is 0. The topological polar surface area (TPSA) is 64.9 Å². The summed E-state index contributed by atoms with van der Waals surface area (Å²) in [5.74, 6) is 2.32. The van der Waals surface area contributed by atoms with Crippen LogP contribution in [0.2, 0.25) is 0 Å². The van der Waals surface area contributed by atoms with E-state index in [0.717, 1.165) is 51.8 Å². The number of hydrogen-bond acceptors (Lipinski definition) is 5. The van der Waals surface area contributed by atoms with Crippen molar-refractivity contribution in [2.45, 2.75) is 27.3 Å². The summed E-state index contributed by atoms with van der Waals surface area (Å²) in [6.45, 7) is 6.94. The highest BCUT2D eigenvalue weighted by Gasteiger charge is 2.10. The molecule has 0 amide bonds. The van der Waals surface area contributed by atoms with E-state index in [1.165, 1.54) is 0 Å². The number of pyridine rings is 1. The molecule has 3 aromatic heterocycles. The van der Waals surface area contributed by atoms with E-state index in [9.17, 15) is 0 Å². The van der Waals surface area contributed by atoms with Gasteiger partial charge in [0.05, 0.1) is 11.7 Å². The monoisotopic (exact) mass is 359 g/mol. The SMILES string of the molecule is CCn1ccc2ncnc(Nc3ccc(Oc4ccc(C)nc4)c(C)c3)c21. The van der Waals surface area contributed by atoms with Crippen LogP contribution in [0.1, 0.15) is 18.2 Å². The first-order valence-corrected chi connectivity index (χ1v) is 8.92. The van der Waals surface area contributed by atoms with Crippen molar-refractivity contribution in [1.82, 2.24) is 19.5 Å². The van der Waals surface area contributed by atoms with Crippen molar-refractivity contribution in [1.29, 1.82) is 0 Å². The predicted octanol–water partition coefficient (Wildman–Crippen LogP) is 5.00. The molecule has 0 fully saturated rings. The second kappa shape index (κ2) is 7.07. The molecule has 136 valence electrons. The molecule has 0 aliphatic carbocycles. The van der Waals surface area contributed by atoms with E-state index >= 15 is 0 Å². The zero-order chi connectivity index (χ0) is 18.8. The van der Waals surface area contributed by atoms with Crippen LogP contribution in [0.3, 0.4) is 0 Å². The van der Waals surface area contributed by atoms with Gasteiger partial charge in [0.1, 0.15) is 23.3 Å². The first-order chi connectivity index (χ1) is 13.1. The average Bonchev–Trinajstić information content (AvgIpc) is 3.10. The zero-order valence-corrected chi connectivity index (χ0v) is 15.6. The Morgan fingerprint density at radius 3 is 2.67 bits per heavy atom. The number of benzene rings is 1. The first kappa shape index (κ1) is 17.0. The number of rotatable bonds is 5. The maximum Gasteiger partial charge on any atom is 0.158 e. The fourth-order valence-corrected chi connectivity index (χ4v) is 3.01. The van der Waals surface area contributed by atoms with Gasteiger partial charge in [0.25, 0.3) is 0 Å². The van der Waals surface area contributed by atoms with Gasteiger partial charge in [-0.1, -0.05) is 0 Å². The van der Waals surface area contributed by atoms with Gasteiger partial charge in [-0.3, -0.25) is 4.98 Å². The van der Waals surface area contributed by atoms with Crippen LogP contribution in [0.5, 0.6) is 11.5 Å². The van der Waals surface area contributed by atoms with Gasteiger partial charge < -0.3 is 14.6 Å². The van der Waals surface area contributed by atoms with Crippen LogP contribution < -0.4 is 10.1 Å². The van der Waals surface area contributed by atoms with Crippen molar-refractivity contribution in [3.8, 4) is 11.5 Å². The molecule has 4 rings (SSSR count). The minimum atomic E-state index is 0.725. The lowest BCUT2D eigenvalue weighted by atomic mass is 10.2. The number of aromatic nitrogens is 4. The molecule has 27 heavy (non-hydrogen) atoms. The Bertz CT molecular complexity index is 1090.